The van der Waals surface area contributed by atoms with Crippen LogP contribution in [0.3, 0.4) is 0 Å². The second-order valence-electron chi connectivity index (χ2n) is 8.14. The molecule has 0 fully saturated rings. The first-order valence-electron chi connectivity index (χ1n) is 11.4. The first-order valence-corrected chi connectivity index (χ1v) is 13.3. The highest BCUT2D eigenvalue weighted by Crippen LogP contribution is 2.22. The zero-order valence-electron chi connectivity index (χ0n) is 19.8. The van der Waals surface area contributed by atoms with Crippen LogP contribution in [-0.4, -0.2) is 28.4 Å². The van der Waals surface area contributed by atoms with E-state index in [1.807, 2.05) is 62.4 Å². The molecular weight excluding hydrogens is 635 g/mol. The normalized spacial score (nSPS) is 11.2. The molecule has 0 bridgehead atoms. The third-order valence-electron chi connectivity index (χ3n) is 5.41. The van der Waals surface area contributed by atoms with E-state index >= 15 is 0 Å². The van der Waals surface area contributed by atoms with Crippen molar-refractivity contribution in [2.75, 3.05) is 11.9 Å². The maximum Gasteiger partial charge on any atom is 0.282 e. The lowest BCUT2D eigenvalue weighted by Gasteiger charge is -2.11. The molecule has 0 aliphatic rings. The number of benzene rings is 3. The Morgan fingerprint density at radius 1 is 1.19 bits per heavy atom. The number of anilines is 1. The highest BCUT2D eigenvalue weighted by molar-refractivity contribution is 14.1. The van der Waals surface area contributed by atoms with Crippen molar-refractivity contribution in [2.24, 2.45) is 5.10 Å². The van der Waals surface area contributed by atoms with Crippen LogP contribution in [0.5, 0.6) is 5.75 Å². The van der Waals surface area contributed by atoms with Crippen molar-refractivity contribution in [2.45, 2.75) is 26.7 Å². The van der Waals surface area contributed by atoms with E-state index in [0.29, 0.717) is 28.9 Å². The molecule has 3 aromatic carbocycles. The van der Waals surface area contributed by atoms with Crippen LogP contribution in [0, 0.1) is 10.5 Å². The third-order valence-corrected chi connectivity index (χ3v) is 6.74. The minimum Gasteiger partial charge on any atom is -0.483 e. The van der Waals surface area contributed by atoms with Crippen LogP contribution in [0.4, 0.5) is 5.69 Å². The van der Waals surface area contributed by atoms with Gasteiger partial charge in [0.15, 0.2) is 6.61 Å². The second-order valence-corrected chi connectivity index (χ2v) is 10.2. The largest absolute Gasteiger partial charge is 0.483 e. The Morgan fingerprint density at radius 2 is 2.00 bits per heavy atom. The van der Waals surface area contributed by atoms with Crippen molar-refractivity contribution in [3.05, 3.63) is 96.0 Å². The second kappa shape index (κ2) is 11.8. The lowest BCUT2D eigenvalue weighted by molar-refractivity contribution is -0.118. The standard InChI is InChI=1S/C27H24BrIN4O3/c1-3-6-25-31-23-11-10-19(28)14-20(23)27(35)33(25)30-15-18-9-12-24(21(29)13-18)36-16-26(34)32-22-8-5-4-7-17(22)2/h4-5,7-15H,3,6,16H2,1-2H3,(H,32,34). The Labute approximate surface area is 230 Å². The first kappa shape index (κ1) is 26.0. The Hall–Kier alpha value is -3.05. The van der Waals surface area contributed by atoms with Crippen LogP contribution < -0.4 is 15.6 Å². The zero-order chi connectivity index (χ0) is 25.7. The van der Waals surface area contributed by atoms with E-state index in [2.05, 4.69) is 53.9 Å². The number of aromatic nitrogens is 2. The van der Waals surface area contributed by atoms with Crippen molar-refractivity contribution in [3.8, 4) is 5.75 Å². The zero-order valence-corrected chi connectivity index (χ0v) is 23.5. The summed E-state index contributed by atoms with van der Waals surface area (Å²) in [4.78, 5) is 30.1. The highest BCUT2D eigenvalue weighted by Gasteiger charge is 2.11. The molecule has 9 heteroatoms. The van der Waals surface area contributed by atoms with E-state index in [0.717, 1.165) is 31.3 Å². The Kier molecular flexibility index (Phi) is 8.52. The number of ether oxygens (including phenoxy) is 1. The van der Waals surface area contributed by atoms with Gasteiger partial charge in [0.2, 0.25) is 0 Å². The quantitative estimate of drug-likeness (QED) is 0.188. The molecule has 0 atom stereocenters. The van der Waals surface area contributed by atoms with Crippen molar-refractivity contribution in [1.82, 2.24) is 9.66 Å². The molecule has 0 saturated carbocycles. The predicted octanol–water partition coefficient (Wildman–Crippen LogP) is 5.92. The van der Waals surface area contributed by atoms with Crippen LogP contribution >= 0.6 is 38.5 Å². The van der Waals surface area contributed by atoms with Gasteiger partial charge in [-0.2, -0.15) is 9.78 Å². The van der Waals surface area contributed by atoms with Gasteiger partial charge in [-0.1, -0.05) is 41.1 Å². The van der Waals surface area contributed by atoms with Crippen LogP contribution in [-0.2, 0) is 11.2 Å². The molecule has 36 heavy (non-hydrogen) atoms. The molecule has 1 heterocycles. The molecule has 1 N–H and O–H groups in total. The molecule has 0 unspecified atom stereocenters. The summed E-state index contributed by atoms with van der Waals surface area (Å²) in [6.07, 6.45) is 3.10. The summed E-state index contributed by atoms with van der Waals surface area (Å²) in [5.41, 5.74) is 2.98. The Balaban J connectivity index is 1.50. The van der Waals surface area contributed by atoms with E-state index in [4.69, 9.17) is 4.74 Å². The molecule has 0 aliphatic carbocycles. The number of rotatable bonds is 8. The number of aryl methyl sites for hydroxylation is 2. The minimum atomic E-state index is -0.232. The summed E-state index contributed by atoms with van der Waals surface area (Å²) in [6, 6.07) is 18.5. The number of nitrogens with zero attached hydrogens (tertiary/aromatic N) is 3. The number of para-hydroxylation sites is 1. The molecule has 4 rings (SSSR count). The van der Waals surface area contributed by atoms with E-state index in [1.54, 1.807) is 18.3 Å². The Bertz CT molecular complexity index is 1520. The fourth-order valence-corrected chi connectivity index (χ4v) is 4.64. The smallest absolute Gasteiger partial charge is 0.282 e. The summed E-state index contributed by atoms with van der Waals surface area (Å²) >= 11 is 5.57. The van der Waals surface area contributed by atoms with E-state index < -0.39 is 0 Å². The predicted molar refractivity (Wildman–Crippen MR) is 155 cm³/mol. The van der Waals surface area contributed by atoms with Gasteiger partial charge >= 0.3 is 0 Å². The van der Waals surface area contributed by atoms with Gasteiger partial charge in [-0.3, -0.25) is 9.59 Å². The third kappa shape index (κ3) is 6.19. The lowest BCUT2D eigenvalue weighted by Crippen LogP contribution is -2.22. The first-order chi connectivity index (χ1) is 17.4. The molecule has 4 aromatic rings. The minimum absolute atomic E-state index is 0.105. The number of halogens is 2. The van der Waals surface area contributed by atoms with Crippen molar-refractivity contribution in [3.63, 3.8) is 0 Å². The molecule has 7 nitrogen and oxygen atoms in total. The fourth-order valence-electron chi connectivity index (χ4n) is 3.58. The topological polar surface area (TPSA) is 85.6 Å². The maximum atomic E-state index is 13.1. The van der Waals surface area contributed by atoms with E-state index in [9.17, 15) is 9.59 Å². The number of nitrogens with one attached hydrogen (secondary N) is 1. The van der Waals surface area contributed by atoms with E-state index in [1.165, 1.54) is 4.68 Å². The molecule has 0 aliphatic heterocycles. The number of fused-ring (bicyclic) bond motifs is 1. The van der Waals surface area contributed by atoms with Gasteiger partial charge in [-0.05, 0) is 89.5 Å². The van der Waals surface area contributed by atoms with E-state index in [-0.39, 0.29) is 18.1 Å². The summed E-state index contributed by atoms with van der Waals surface area (Å²) < 4.78 is 8.72. The van der Waals surface area contributed by atoms with Gasteiger partial charge < -0.3 is 10.1 Å². The fraction of sp³-hybridized carbons (Fsp3) is 0.185. The van der Waals surface area contributed by atoms with Gasteiger partial charge in [0, 0.05) is 16.6 Å². The van der Waals surface area contributed by atoms with Crippen molar-refractivity contribution >= 4 is 67.2 Å². The van der Waals surface area contributed by atoms with Crippen molar-refractivity contribution in [1.29, 1.82) is 0 Å². The highest BCUT2D eigenvalue weighted by atomic mass is 127. The van der Waals surface area contributed by atoms with Gasteiger partial charge in [0.05, 0.1) is 20.7 Å². The monoisotopic (exact) mass is 658 g/mol. The summed E-state index contributed by atoms with van der Waals surface area (Å²) in [5.74, 6) is 0.973. The Morgan fingerprint density at radius 3 is 2.75 bits per heavy atom. The van der Waals surface area contributed by atoms with Crippen LogP contribution in [0.25, 0.3) is 10.9 Å². The molecule has 1 aromatic heterocycles. The van der Waals surface area contributed by atoms with Crippen LogP contribution in [0.15, 0.2) is 75.0 Å². The molecule has 0 spiro atoms. The van der Waals surface area contributed by atoms with Crippen LogP contribution in [0.1, 0.15) is 30.3 Å². The van der Waals surface area contributed by atoms with Gasteiger partial charge in [-0.25, -0.2) is 4.98 Å². The van der Waals surface area contributed by atoms with Crippen molar-refractivity contribution < 1.29 is 9.53 Å². The molecule has 0 radical (unpaired) electrons. The molecule has 184 valence electrons. The molecular formula is C27H24BrIN4O3. The number of carbonyl (C=O) groups excluding carboxylic acids is 1. The molecule has 1 amide bonds. The summed E-state index contributed by atoms with van der Waals surface area (Å²) in [6.45, 7) is 3.87. The number of hydrogen-bond donors (Lipinski definition) is 1. The number of carbonyl (C=O) groups is 1. The van der Waals surface area contributed by atoms with Crippen LogP contribution in [0.2, 0.25) is 0 Å². The number of amides is 1. The summed E-state index contributed by atoms with van der Waals surface area (Å²) in [7, 11) is 0. The molecule has 0 saturated heterocycles. The number of hydrogen-bond acceptors (Lipinski definition) is 5. The SMILES string of the molecule is CCCc1nc2ccc(Br)cc2c(=O)n1N=Cc1ccc(OCC(=O)Nc2ccccc2C)c(I)c1. The van der Waals surface area contributed by atoms with Gasteiger partial charge in [-0.15, -0.1) is 0 Å². The van der Waals surface area contributed by atoms with Gasteiger partial charge in [0.25, 0.3) is 11.5 Å². The maximum absolute atomic E-state index is 13.1. The lowest BCUT2D eigenvalue weighted by atomic mass is 10.2. The average Bonchev–Trinajstić information content (AvgIpc) is 2.85. The summed E-state index contributed by atoms with van der Waals surface area (Å²) in [5, 5.41) is 7.83. The average molecular weight is 659 g/mol. The van der Waals surface area contributed by atoms with Gasteiger partial charge in [0.1, 0.15) is 11.6 Å².